The average molecular weight is 261 g/mol. The molecule has 0 saturated carbocycles. The molecule has 0 radical (unpaired) electrons. The number of unbranched alkanes of at least 4 members (excludes halogenated alkanes) is 1. The normalized spacial score (nSPS) is 20.1. The van der Waals surface area contributed by atoms with Crippen molar-refractivity contribution in [3.63, 3.8) is 0 Å². The number of piperidine rings is 1. The van der Waals surface area contributed by atoms with Gasteiger partial charge >= 0.3 is 0 Å². The van der Waals surface area contributed by atoms with Crippen molar-refractivity contribution in [2.45, 2.75) is 57.6 Å². The fourth-order valence-corrected chi connectivity index (χ4v) is 3.08. The Morgan fingerprint density at radius 2 is 1.79 bits per heavy atom. The highest BCUT2D eigenvalue weighted by Gasteiger charge is 2.27. The molecule has 1 saturated heterocycles. The van der Waals surface area contributed by atoms with Crippen LogP contribution in [0.15, 0.2) is 30.3 Å². The van der Waals surface area contributed by atoms with Crippen LogP contribution < -0.4 is 0 Å². The first-order chi connectivity index (χ1) is 9.33. The second-order valence-electron chi connectivity index (χ2n) is 5.66. The van der Waals surface area contributed by atoms with Crippen molar-refractivity contribution in [1.29, 1.82) is 0 Å². The maximum Gasteiger partial charge on any atom is 0.0945 e. The van der Waals surface area contributed by atoms with Crippen LogP contribution in [-0.2, 0) is 0 Å². The van der Waals surface area contributed by atoms with Gasteiger partial charge in [-0.1, -0.05) is 56.5 Å². The van der Waals surface area contributed by atoms with Gasteiger partial charge in [-0.05, 0) is 37.9 Å². The Hall–Kier alpha value is -0.860. The van der Waals surface area contributed by atoms with Crippen molar-refractivity contribution in [2.75, 3.05) is 13.1 Å². The zero-order valence-corrected chi connectivity index (χ0v) is 12.1. The van der Waals surface area contributed by atoms with Crippen LogP contribution in [-0.4, -0.2) is 29.1 Å². The Labute approximate surface area is 117 Å². The van der Waals surface area contributed by atoms with Crippen LogP contribution in [0.1, 0.15) is 57.1 Å². The first kappa shape index (κ1) is 14.5. The number of nitrogens with zero attached hydrogens (tertiary/aromatic N) is 1. The van der Waals surface area contributed by atoms with Crippen LogP contribution in [0, 0.1) is 0 Å². The second kappa shape index (κ2) is 7.66. The number of benzene rings is 1. The van der Waals surface area contributed by atoms with E-state index in [1.807, 2.05) is 30.3 Å². The van der Waals surface area contributed by atoms with E-state index in [2.05, 4.69) is 11.8 Å². The van der Waals surface area contributed by atoms with Gasteiger partial charge in [0.1, 0.15) is 0 Å². The summed E-state index contributed by atoms with van der Waals surface area (Å²) in [6.07, 6.45) is 7.07. The Balaban J connectivity index is 2.07. The molecular weight excluding hydrogens is 234 g/mol. The number of likely N-dealkylation sites (tertiary alicyclic amines) is 1. The molecule has 0 aliphatic carbocycles. The van der Waals surface area contributed by atoms with Crippen molar-refractivity contribution in [1.82, 2.24) is 4.90 Å². The zero-order valence-electron chi connectivity index (χ0n) is 12.1. The van der Waals surface area contributed by atoms with Crippen LogP contribution in [0.2, 0.25) is 0 Å². The number of rotatable bonds is 6. The fraction of sp³-hybridized carbons (Fsp3) is 0.647. The molecule has 1 aliphatic heterocycles. The standard InChI is InChI=1S/C17H27NO/c1-2-3-12-16(18-13-8-5-9-14-18)17(19)15-10-6-4-7-11-15/h4,6-7,10-11,16-17,19H,2-3,5,8-9,12-14H2,1H3. The summed E-state index contributed by atoms with van der Waals surface area (Å²) in [6, 6.07) is 10.4. The molecule has 1 heterocycles. The predicted molar refractivity (Wildman–Crippen MR) is 80.1 cm³/mol. The van der Waals surface area contributed by atoms with E-state index in [9.17, 15) is 5.11 Å². The molecular formula is C17H27NO. The van der Waals surface area contributed by atoms with E-state index in [0.717, 1.165) is 25.1 Å². The average Bonchev–Trinajstić information content (AvgIpc) is 2.49. The maximum absolute atomic E-state index is 10.7. The van der Waals surface area contributed by atoms with Crippen LogP contribution in [0.25, 0.3) is 0 Å². The van der Waals surface area contributed by atoms with Gasteiger partial charge in [0.2, 0.25) is 0 Å². The Bertz CT molecular complexity index is 346. The first-order valence-corrected chi connectivity index (χ1v) is 7.80. The Morgan fingerprint density at radius 3 is 2.42 bits per heavy atom. The predicted octanol–water partition coefficient (Wildman–Crippen LogP) is 3.76. The highest BCUT2D eigenvalue weighted by atomic mass is 16.3. The van der Waals surface area contributed by atoms with Crippen LogP contribution >= 0.6 is 0 Å². The van der Waals surface area contributed by atoms with Crippen molar-refractivity contribution >= 4 is 0 Å². The lowest BCUT2D eigenvalue weighted by molar-refractivity contribution is 0.0314. The molecule has 1 N–H and O–H groups in total. The highest BCUT2D eigenvalue weighted by Crippen LogP contribution is 2.27. The van der Waals surface area contributed by atoms with Crippen LogP contribution in [0.4, 0.5) is 0 Å². The molecule has 0 amide bonds. The molecule has 2 unspecified atom stereocenters. The van der Waals surface area contributed by atoms with Crippen molar-refractivity contribution < 1.29 is 5.11 Å². The van der Waals surface area contributed by atoms with Gasteiger partial charge in [-0.15, -0.1) is 0 Å². The van der Waals surface area contributed by atoms with Gasteiger partial charge in [0, 0.05) is 6.04 Å². The van der Waals surface area contributed by atoms with Crippen LogP contribution in [0.5, 0.6) is 0 Å². The molecule has 0 spiro atoms. The first-order valence-electron chi connectivity index (χ1n) is 7.80. The van der Waals surface area contributed by atoms with Gasteiger partial charge in [-0.3, -0.25) is 4.90 Å². The van der Waals surface area contributed by atoms with E-state index < -0.39 is 0 Å². The molecule has 106 valence electrons. The molecule has 2 rings (SSSR count). The van der Waals surface area contributed by atoms with Gasteiger partial charge in [0.15, 0.2) is 0 Å². The molecule has 2 heteroatoms. The monoisotopic (exact) mass is 261 g/mol. The summed E-state index contributed by atoms with van der Waals surface area (Å²) in [4.78, 5) is 2.51. The van der Waals surface area contributed by atoms with Crippen molar-refractivity contribution in [3.8, 4) is 0 Å². The van der Waals surface area contributed by atoms with Crippen molar-refractivity contribution in [2.24, 2.45) is 0 Å². The van der Waals surface area contributed by atoms with Gasteiger partial charge in [0.05, 0.1) is 6.10 Å². The van der Waals surface area contributed by atoms with E-state index in [1.165, 1.54) is 32.1 Å². The minimum atomic E-state index is -0.342. The second-order valence-corrected chi connectivity index (χ2v) is 5.66. The lowest BCUT2D eigenvalue weighted by Crippen LogP contribution is -2.42. The van der Waals surface area contributed by atoms with Crippen LogP contribution in [0.3, 0.4) is 0 Å². The maximum atomic E-state index is 10.7. The van der Waals surface area contributed by atoms with E-state index >= 15 is 0 Å². The van der Waals surface area contributed by atoms with Gasteiger partial charge in [-0.25, -0.2) is 0 Å². The fourth-order valence-electron chi connectivity index (χ4n) is 3.08. The minimum Gasteiger partial charge on any atom is -0.387 e. The van der Waals surface area contributed by atoms with Gasteiger partial charge < -0.3 is 5.11 Å². The van der Waals surface area contributed by atoms with Gasteiger partial charge in [0.25, 0.3) is 0 Å². The number of aliphatic hydroxyl groups excluding tert-OH is 1. The third-order valence-electron chi connectivity index (χ3n) is 4.22. The Kier molecular flexibility index (Phi) is 5.87. The summed E-state index contributed by atoms with van der Waals surface area (Å²) in [6.45, 7) is 4.53. The summed E-state index contributed by atoms with van der Waals surface area (Å²) in [5.74, 6) is 0. The summed E-state index contributed by atoms with van der Waals surface area (Å²) >= 11 is 0. The third-order valence-corrected chi connectivity index (χ3v) is 4.22. The van der Waals surface area contributed by atoms with E-state index in [0.29, 0.717) is 6.04 Å². The smallest absolute Gasteiger partial charge is 0.0945 e. The summed E-state index contributed by atoms with van der Waals surface area (Å²) in [7, 11) is 0. The molecule has 1 aromatic carbocycles. The number of hydrogen-bond acceptors (Lipinski definition) is 2. The largest absolute Gasteiger partial charge is 0.387 e. The number of hydrogen-bond donors (Lipinski definition) is 1. The molecule has 0 aromatic heterocycles. The molecule has 1 aliphatic rings. The topological polar surface area (TPSA) is 23.5 Å². The summed E-state index contributed by atoms with van der Waals surface area (Å²) < 4.78 is 0. The summed E-state index contributed by atoms with van der Waals surface area (Å²) in [5.41, 5.74) is 1.06. The lowest BCUT2D eigenvalue weighted by Gasteiger charge is -2.37. The zero-order chi connectivity index (χ0) is 13.5. The van der Waals surface area contributed by atoms with E-state index in [1.54, 1.807) is 0 Å². The Morgan fingerprint density at radius 1 is 1.11 bits per heavy atom. The molecule has 1 aromatic rings. The summed E-state index contributed by atoms with van der Waals surface area (Å²) in [5, 5.41) is 10.7. The SMILES string of the molecule is CCCCC(C(O)c1ccccc1)N1CCCCC1. The molecule has 1 fully saturated rings. The van der Waals surface area contributed by atoms with E-state index in [4.69, 9.17) is 0 Å². The van der Waals surface area contributed by atoms with Crippen molar-refractivity contribution in [3.05, 3.63) is 35.9 Å². The molecule has 2 atom stereocenters. The highest BCUT2D eigenvalue weighted by molar-refractivity contribution is 5.19. The van der Waals surface area contributed by atoms with E-state index in [-0.39, 0.29) is 6.10 Å². The quantitative estimate of drug-likeness (QED) is 0.842. The van der Waals surface area contributed by atoms with Gasteiger partial charge in [-0.2, -0.15) is 0 Å². The minimum absolute atomic E-state index is 0.294. The molecule has 2 nitrogen and oxygen atoms in total. The molecule has 0 bridgehead atoms. The lowest BCUT2D eigenvalue weighted by atomic mass is 9.94. The molecule has 19 heavy (non-hydrogen) atoms. The third kappa shape index (κ3) is 4.05. The number of aliphatic hydroxyl groups is 1.